The molecule has 1 aromatic carbocycles. The first-order chi connectivity index (χ1) is 8.83. The molecule has 0 aromatic heterocycles. The standard InChI is InChI=1S/C15H22N2O/c16-14-7-6-13(18-11-12-4-5-12)10-15(14)17-8-2-1-3-9-17/h6-7,10,12H,1-5,8-9,11,16H2. The molecule has 0 atom stereocenters. The molecule has 1 heterocycles. The van der Waals surface area contributed by atoms with E-state index in [-0.39, 0.29) is 0 Å². The minimum Gasteiger partial charge on any atom is -0.493 e. The highest BCUT2D eigenvalue weighted by Crippen LogP contribution is 2.33. The highest BCUT2D eigenvalue weighted by molar-refractivity contribution is 5.69. The SMILES string of the molecule is Nc1ccc(OCC2CC2)cc1N1CCCCC1. The predicted octanol–water partition coefficient (Wildman–Crippen LogP) is 3.05. The highest BCUT2D eigenvalue weighted by atomic mass is 16.5. The van der Waals surface area contributed by atoms with Crippen molar-refractivity contribution in [2.75, 3.05) is 30.3 Å². The molecule has 2 fully saturated rings. The van der Waals surface area contributed by atoms with Gasteiger partial charge in [0.2, 0.25) is 0 Å². The van der Waals surface area contributed by atoms with Crippen LogP contribution in [0.25, 0.3) is 0 Å². The summed E-state index contributed by atoms with van der Waals surface area (Å²) in [5, 5.41) is 0. The molecular weight excluding hydrogens is 224 g/mol. The van der Waals surface area contributed by atoms with Crippen molar-refractivity contribution in [1.82, 2.24) is 0 Å². The van der Waals surface area contributed by atoms with E-state index in [0.29, 0.717) is 0 Å². The van der Waals surface area contributed by atoms with Crippen molar-refractivity contribution in [3.05, 3.63) is 18.2 Å². The van der Waals surface area contributed by atoms with Crippen molar-refractivity contribution in [2.45, 2.75) is 32.1 Å². The summed E-state index contributed by atoms with van der Waals surface area (Å²) in [5.41, 5.74) is 8.12. The molecule has 0 spiro atoms. The third-order valence-corrected chi connectivity index (χ3v) is 3.88. The first kappa shape index (κ1) is 11.7. The van der Waals surface area contributed by atoms with Crippen LogP contribution in [0.4, 0.5) is 11.4 Å². The maximum absolute atomic E-state index is 6.09. The van der Waals surface area contributed by atoms with Crippen LogP contribution in [0.15, 0.2) is 18.2 Å². The molecule has 1 aliphatic carbocycles. The molecule has 3 heteroatoms. The van der Waals surface area contributed by atoms with Gasteiger partial charge in [-0.2, -0.15) is 0 Å². The Balaban J connectivity index is 1.71. The predicted molar refractivity (Wildman–Crippen MR) is 75.1 cm³/mol. The van der Waals surface area contributed by atoms with Gasteiger partial charge in [-0.15, -0.1) is 0 Å². The van der Waals surface area contributed by atoms with Crippen LogP contribution in [0.5, 0.6) is 5.75 Å². The van der Waals surface area contributed by atoms with Crippen LogP contribution in [0.1, 0.15) is 32.1 Å². The second kappa shape index (κ2) is 5.09. The van der Waals surface area contributed by atoms with E-state index < -0.39 is 0 Å². The van der Waals surface area contributed by atoms with Crippen molar-refractivity contribution < 1.29 is 4.74 Å². The van der Waals surface area contributed by atoms with Gasteiger partial charge in [0.15, 0.2) is 0 Å². The second-order valence-electron chi connectivity index (χ2n) is 5.52. The molecule has 2 N–H and O–H groups in total. The summed E-state index contributed by atoms with van der Waals surface area (Å²) in [6, 6.07) is 6.08. The largest absolute Gasteiger partial charge is 0.493 e. The number of nitrogens with two attached hydrogens (primary N) is 1. The van der Waals surface area contributed by atoms with Gasteiger partial charge in [-0.1, -0.05) is 0 Å². The lowest BCUT2D eigenvalue weighted by Gasteiger charge is -2.30. The van der Waals surface area contributed by atoms with E-state index in [9.17, 15) is 0 Å². The quantitative estimate of drug-likeness (QED) is 0.830. The van der Waals surface area contributed by atoms with Crippen molar-refractivity contribution >= 4 is 11.4 Å². The van der Waals surface area contributed by atoms with Crippen LogP contribution in [0, 0.1) is 5.92 Å². The molecule has 1 saturated carbocycles. The molecule has 1 aliphatic heterocycles. The monoisotopic (exact) mass is 246 g/mol. The number of nitrogen functional groups attached to an aromatic ring is 1. The maximum Gasteiger partial charge on any atom is 0.121 e. The topological polar surface area (TPSA) is 38.5 Å². The Morgan fingerprint density at radius 2 is 1.94 bits per heavy atom. The Kier molecular flexibility index (Phi) is 3.31. The van der Waals surface area contributed by atoms with E-state index in [1.54, 1.807) is 0 Å². The molecule has 0 unspecified atom stereocenters. The molecule has 1 saturated heterocycles. The van der Waals surface area contributed by atoms with Crippen LogP contribution >= 0.6 is 0 Å². The fourth-order valence-electron chi connectivity index (χ4n) is 2.52. The molecule has 0 bridgehead atoms. The van der Waals surface area contributed by atoms with Crippen molar-refractivity contribution in [1.29, 1.82) is 0 Å². The van der Waals surface area contributed by atoms with Crippen LogP contribution in [0.3, 0.4) is 0 Å². The molecule has 2 aliphatic rings. The number of hydrogen-bond acceptors (Lipinski definition) is 3. The zero-order valence-corrected chi connectivity index (χ0v) is 10.9. The smallest absolute Gasteiger partial charge is 0.121 e. The lowest BCUT2D eigenvalue weighted by atomic mass is 10.1. The summed E-state index contributed by atoms with van der Waals surface area (Å²) >= 11 is 0. The summed E-state index contributed by atoms with van der Waals surface area (Å²) in [6.07, 6.45) is 6.54. The fraction of sp³-hybridized carbons (Fsp3) is 0.600. The summed E-state index contributed by atoms with van der Waals surface area (Å²) in [7, 11) is 0. The molecule has 18 heavy (non-hydrogen) atoms. The third kappa shape index (κ3) is 2.71. The Labute approximate surface area is 109 Å². The Hall–Kier alpha value is -1.38. The van der Waals surface area contributed by atoms with Gasteiger partial charge in [-0.3, -0.25) is 0 Å². The number of hydrogen-bond donors (Lipinski definition) is 1. The molecule has 1 aromatic rings. The lowest BCUT2D eigenvalue weighted by molar-refractivity contribution is 0.300. The number of ether oxygens (including phenoxy) is 1. The summed E-state index contributed by atoms with van der Waals surface area (Å²) < 4.78 is 5.83. The van der Waals surface area contributed by atoms with Crippen molar-refractivity contribution in [2.24, 2.45) is 5.92 Å². The summed E-state index contributed by atoms with van der Waals surface area (Å²) in [5.74, 6) is 1.76. The number of piperidine rings is 1. The van der Waals surface area contributed by atoms with Gasteiger partial charge >= 0.3 is 0 Å². The van der Waals surface area contributed by atoms with Crippen LogP contribution in [-0.2, 0) is 0 Å². The highest BCUT2D eigenvalue weighted by Gasteiger charge is 2.22. The van der Waals surface area contributed by atoms with E-state index in [1.165, 1.54) is 32.1 Å². The molecule has 0 radical (unpaired) electrons. The van der Waals surface area contributed by atoms with Gasteiger partial charge in [0.05, 0.1) is 18.0 Å². The van der Waals surface area contributed by atoms with Gasteiger partial charge in [-0.05, 0) is 50.2 Å². The molecular formula is C15H22N2O. The Morgan fingerprint density at radius 1 is 1.17 bits per heavy atom. The van der Waals surface area contributed by atoms with Gasteiger partial charge in [0, 0.05) is 19.2 Å². The fourth-order valence-corrected chi connectivity index (χ4v) is 2.52. The average molecular weight is 246 g/mol. The zero-order chi connectivity index (χ0) is 12.4. The molecule has 98 valence electrons. The van der Waals surface area contributed by atoms with E-state index in [4.69, 9.17) is 10.5 Å². The van der Waals surface area contributed by atoms with Crippen LogP contribution < -0.4 is 15.4 Å². The van der Waals surface area contributed by atoms with Crippen LogP contribution in [-0.4, -0.2) is 19.7 Å². The molecule has 3 nitrogen and oxygen atoms in total. The summed E-state index contributed by atoms with van der Waals surface area (Å²) in [6.45, 7) is 3.11. The Bertz CT molecular complexity index is 409. The number of rotatable bonds is 4. The van der Waals surface area contributed by atoms with E-state index in [0.717, 1.165) is 42.7 Å². The van der Waals surface area contributed by atoms with Gasteiger partial charge in [0.1, 0.15) is 5.75 Å². The van der Waals surface area contributed by atoms with Crippen LogP contribution in [0.2, 0.25) is 0 Å². The van der Waals surface area contributed by atoms with E-state index in [1.807, 2.05) is 12.1 Å². The number of anilines is 2. The minimum absolute atomic E-state index is 0.793. The first-order valence-electron chi connectivity index (χ1n) is 7.10. The Morgan fingerprint density at radius 3 is 2.67 bits per heavy atom. The molecule has 0 amide bonds. The third-order valence-electron chi connectivity index (χ3n) is 3.88. The lowest BCUT2D eigenvalue weighted by Crippen LogP contribution is -2.30. The van der Waals surface area contributed by atoms with Crippen molar-refractivity contribution in [3.63, 3.8) is 0 Å². The van der Waals surface area contributed by atoms with E-state index >= 15 is 0 Å². The maximum atomic E-state index is 6.09. The van der Waals surface area contributed by atoms with Gasteiger partial charge in [-0.25, -0.2) is 0 Å². The average Bonchev–Trinajstić information content (AvgIpc) is 3.23. The van der Waals surface area contributed by atoms with E-state index in [2.05, 4.69) is 11.0 Å². The normalized spacial score (nSPS) is 19.9. The first-order valence-corrected chi connectivity index (χ1v) is 7.10. The van der Waals surface area contributed by atoms with Gasteiger partial charge < -0.3 is 15.4 Å². The van der Waals surface area contributed by atoms with Gasteiger partial charge in [0.25, 0.3) is 0 Å². The number of nitrogens with zero attached hydrogens (tertiary/aromatic N) is 1. The minimum atomic E-state index is 0.793. The second-order valence-corrected chi connectivity index (χ2v) is 5.52. The zero-order valence-electron chi connectivity index (χ0n) is 10.9. The van der Waals surface area contributed by atoms with Crippen molar-refractivity contribution in [3.8, 4) is 5.75 Å². The summed E-state index contributed by atoms with van der Waals surface area (Å²) in [4.78, 5) is 2.39. The molecule has 3 rings (SSSR count). The number of benzene rings is 1.